The lowest BCUT2D eigenvalue weighted by molar-refractivity contribution is 0.293. The first-order chi connectivity index (χ1) is 18.4. The molecular formula is C27H27Cl2FN8. The molecule has 0 saturated carbocycles. The second-order valence-corrected chi connectivity index (χ2v) is 10.1. The summed E-state index contributed by atoms with van der Waals surface area (Å²) >= 11 is 12.5. The molecule has 38 heavy (non-hydrogen) atoms. The minimum Gasteiger partial charge on any atom is -0.379 e. The second kappa shape index (κ2) is 11.5. The van der Waals surface area contributed by atoms with Crippen LogP contribution in [0.4, 0.5) is 21.5 Å². The Morgan fingerprint density at radius 2 is 1.97 bits per heavy atom. The molecule has 1 aliphatic rings. The lowest BCUT2D eigenvalue weighted by Crippen LogP contribution is -2.24. The molecule has 2 N–H and O–H groups in total. The van der Waals surface area contributed by atoms with Gasteiger partial charge >= 0.3 is 0 Å². The highest BCUT2D eigenvalue weighted by atomic mass is 35.5. The molecule has 4 aromatic rings. The van der Waals surface area contributed by atoms with Gasteiger partial charge in [0.05, 0.1) is 45.6 Å². The maximum Gasteiger partial charge on any atom is 0.141 e. The van der Waals surface area contributed by atoms with E-state index in [-0.39, 0.29) is 5.02 Å². The van der Waals surface area contributed by atoms with Crippen LogP contribution in [0.25, 0.3) is 10.9 Å². The summed E-state index contributed by atoms with van der Waals surface area (Å²) < 4.78 is 15.6. The van der Waals surface area contributed by atoms with E-state index in [9.17, 15) is 9.65 Å². The van der Waals surface area contributed by atoms with E-state index < -0.39 is 5.82 Å². The number of fused-ring (bicyclic) bond motifs is 1. The van der Waals surface area contributed by atoms with Gasteiger partial charge in [-0.25, -0.2) is 9.07 Å². The van der Waals surface area contributed by atoms with Crippen LogP contribution in [0.3, 0.4) is 0 Å². The Balaban J connectivity index is 1.37. The molecule has 196 valence electrons. The van der Waals surface area contributed by atoms with Crippen LogP contribution in [0.2, 0.25) is 10.0 Å². The first-order valence-corrected chi connectivity index (χ1v) is 13.3. The number of pyridine rings is 1. The molecule has 1 saturated heterocycles. The Morgan fingerprint density at radius 1 is 1.13 bits per heavy atom. The highest BCUT2D eigenvalue weighted by molar-refractivity contribution is 6.36. The van der Waals surface area contributed by atoms with Crippen molar-refractivity contribution < 1.29 is 4.39 Å². The summed E-state index contributed by atoms with van der Waals surface area (Å²) in [4.78, 5) is 6.86. The van der Waals surface area contributed by atoms with Gasteiger partial charge in [-0.05, 0) is 62.7 Å². The Kier molecular flexibility index (Phi) is 7.93. The van der Waals surface area contributed by atoms with Gasteiger partial charge in [-0.1, -0.05) is 35.3 Å². The maximum absolute atomic E-state index is 13.7. The predicted octanol–water partition coefficient (Wildman–Crippen LogP) is 6.55. The largest absolute Gasteiger partial charge is 0.379 e. The van der Waals surface area contributed by atoms with E-state index in [1.54, 1.807) is 12.1 Å². The van der Waals surface area contributed by atoms with Gasteiger partial charge in [-0.3, -0.25) is 4.98 Å². The summed E-state index contributed by atoms with van der Waals surface area (Å²) in [6, 6.07) is 10.5. The number of halogens is 3. The molecule has 2 aromatic heterocycles. The third kappa shape index (κ3) is 5.68. The van der Waals surface area contributed by atoms with Gasteiger partial charge in [0.2, 0.25) is 0 Å². The SMILES string of the molecule is CCN1CCCC(n2cc(CNc3cc(Cl)c4ncc(C#N)c(Nc5ccc(F)c(Cl)c5)c4c3)nn2)CC1. The molecule has 3 heterocycles. The average Bonchev–Trinajstić information content (AvgIpc) is 3.26. The summed E-state index contributed by atoms with van der Waals surface area (Å²) in [7, 11) is 0. The number of likely N-dealkylation sites (tertiary alicyclic amines) is 1. The molecule has 1 fully saturated rings. The Morgan fingerprint density at radius 3 is 2.76 bits per heavy atom. The molecule has 11 heteroatoms. The first kappa shape index (κ1) is 26.2. The van der Waals surface area contributed by atoms with Crippen LogP contribution in [0.5, 0.6) is 0 Å². The van der Waals surface area contributed by atoms with Crippen LogP contribution in [0, 0.1) is 17.1 Å². The van der Waals surface area contributed by atoms with Crippen molar-refractivity contribution >= 4 is 51.2 Å². The van der Waals surface area contributed by atoms with Crippen molar-refractivity contribution in [3.8, 4) is 6.07 Å². The zero-order valence-corrected chi connectivity index (χ0v) is 22.4. The Labute approximate surface area is 230 Å². The van der Waals surface area contributed by atoms with Gasteiger partial charge < -0.3 is 15.5 Å². The van der Waals surface area contributed by atoms with Gasteiger partial charge in [-0.2, -0.15) is 5.26 Å². The fourth-order valence-corrected chi connectivity index (χ4v) is 5.23. The summed E-state index contributed by atoms with van der Waals surface area (Å²) in [5.74, 6) is -0.522. The highest BCUT2D eigenvalue weighted by Crippen LogP contribution is 2.35. The van der Waals surface area contributed by atoms with Crippen molar-refractivity contribution in [2.45, 2.75) is 38.8 Å². The number of aromatic nitrogens is 4. The molecule has 1 atom stereocenters. The van der Waals surface area contributed by atoms with Gasteiger partial charge in [0.25, 0.3) is 0 Å². The van der Waals surface area contributed by atoms with Gasteiger partial charge in [0.15, 0.2) is 0 Å². The van der Waals surface area contributed by atoms with Crippen LogP contribution in [0.15, 0.2) is 42.7 Å². The van der Waals surface area contributed by atoms with E-state index in [0.29, 0.717) is 45.5 Å². The maximum atomic E-state index is 13.7. The zero-order chi connectivity index (χ0) is 26.6. The van der Waals surface area contributed by atoms with E-state index in [1.165, 1.54) is 18.3 Å². The van der Waals surface area contributed by atoms with Crippen molar-refractivity contribution in [1.29, 1.82) is 5.26 Å². The third-order valence-electron chi connectivity index (χ3n) is 6.88. The quantitative estimate of drug-likeness (QED) is 0.268. The van der Waals surface area contributed by atoms with Crippen LogP contribution in [0.1, 0.15) is 43.5 Å². The minimum atomic E-state index is -0.522. The van der Waals surface area contributed by atoms with Crippen LogP contribution >= 0.6 is 23.2 Å². The number of nitrogens with zero attached hydrogens (tertiary/aromatic N) is 6. The molecule has 0 amide bonds. The standard InChI is InChI=1S/C27H27Cl2FN8/c1-2-37-8-3-4-21(7-9-37)38-16-20(35-36-38)15-32-19-10-22-26(34-18-5-6-25(30)23(28)11-18)17(13-31)14-33-27(22)24(29)12-19/h5-6,10-12,14,16,21,32H,2-4,7-9,15H2,1H3,(H,33,34). The molecule has 0 spiro atoms. The second-order valence-electron chi connectivity index (χ2n) is 9.33. The number of nitriles is 1. The number of anilines is 3. The molecule has 1 unspecified atom stereocenters. The molecular weight excluding hydrogens is 526 g/mol. The summed E-state index contributed by atoms with van der Waals surface area (Å²) in [6.07, 6.45) is 6.77. The van der Waals surface area contributed by atoms with Crippen LogP contribution in [-0.4, -0.2) is 44.5 Å². The normalized spacial score (nSPS) is 16.2. The monoisotopic (exact) mass is 552 g/mol. The topological polar surface area (TPSA) is 94.7 Å². The van der Waals surface area contributed by atoms with Gasteiger partial charge in [0, 0.05) is 29.5 Å². The van der Waals surface area contributed by atoms with E-state index >= 15 is 0 Å². The summed E-state index contributed by atoms with van der Waals surface area (Å²) in [6.45, 7) is 5.94. The van der Waals surface area contributed by atoms with Crippen LogP contribution < -0.4 is 10.6 Å². The number of rotatable bonds is 7. The van der Waals surface area contributed by atoms with Gasteiger partial charge in [0.1, 0.15) is 17.6 Å². The first-order valence-electron chi connectivity index (χ1n) is 12.6. The molecule has 2 aromatic carbocycles. The Hall–Kier alpha value is -3.45. The van der Waals surface area contributed by atoms with E-state index in [1.807, 2.05) is 16.9 Å². The number of hydrogen-bond donors (Lipinski definition) is 2. The fourth-order valence-electron chi connectivity index (χ4n) is 4.78. The Bertz CT molecular complexity index is 1500. The van der Waals surface area contributed by atoms with Crippen molar-refractivity contribution in [1.82, 2.24) is 24.9 Å². The summed E-state index contributed by atoms with van der Waals surface area (Å²) in [5.41, 5.74) is 3.45. The predicted molar refractivity (Wildman–Crippen MR) is 149 cm³/mol. The number of nitrogens with one attached hydrogen (secondary N) is 2. The minimum absolute atomic E-state index is 0.0214. The van der Waals surface area contributed by atoms with E-state index in [2.05, 4.69) is 43.8 Å². The van der Waals surface area contributed by atoms with Crippen molar-refractivity contribution in [3.63, 3.8) is 0 Å². The lowest BCUT2D eigenvalue weighted by Gasteiger charge is -2.17. The third-order valence-corrected chi connectivity index (χ3v) is 7.45. The zero-order valence-electron chi connectivity index (χ0n) is 20.9. The van der Waals surface area contributed by atoms with E-state index in [4.69, 9.17) is 23.2 Å². The molecule has 0 bridgehead atoms. The van der Waals surface area contributed by atoms with Crippen LogP contribution in [-0.2, 0) is 6.54 Å². The van der Waals surface area contributed by atoms with Crippen molar-refractivity contribution in [2.24, 2.45) is 0 Å². The summed E-state index contributed by atoms with van der Waals surface area (Å²) in [5, 5.41) is 26.1. The number of hydrogen-bond acceptors (Lipinski definition) is 7. The smallest absolute Gasteiger partial charge is 0.141 e. The average molecular weight is 553 g/mol. The highest BCUT2D eigenvalue weighted by Gasteiger charge is 2.19. The van der Waals surface area contributed by atoms with Crippen molar-refractivity contribution in [3.05, 3.63) is 69.8 Å². The lowest BCUT2D eigenvalue weighted by atomic mass is 10.1. The molecule has 8 nitrogen and oxygen atoms in total. The molecule has 0 aliphatic carbocycles. The molecule has 1 aliphatic heterocycles. The van der Waals surface area contributed by atoms with Crippen molar-refractivity contribution in [2.75, 3.05) is 30.3 Å². The van der Waals surface area contributed by atoms with Gasteiger partial charge in [-0.15, -0.1) is 5.10 Å². The fraction of sp³-hybridized carbons (Fsp3) is 0.333. The molecule has 5 rings (SSSR count). The number of benzene rings is 2. The van der Waals surface area contributed by atoms with E-state index in [0.717, 1.165) is 50.3 Å². The molecule has 0 radical (unpaired) electrons.